The van der Waals surface area contributed by atoms with E-state index >= 15 is 0 Å². The molecule has 0 spiro atoms. The zero-order valence-electron chi connectivity index (χ0n) is 19.7. The lowest BCUT2D eigenvalue weighted by Gasteiger charge is -2.21. The number of nitrogens with zero attached hydrogens (tertiary/aromatic N) is 3. The number of thiazole rings is 1. The van der Waals surface area contributed by atoms with E-state index in [4.69, 9.17) is 4.74 Å². The summed E-state index contributed by atoms with van der Waals surface area (Å²) in [7, 11) is 3.08. The highest BCUT2D eigenvalue weighted by atomic mass is 32.1. The molecule has 9 heteroatoms. The van der Waals surface area contributed by atoms with Crippen molar-refractivity contribution >= 4 is 28.3 Å². The van der Waals surface area contributed by atoms with E-state index < -0.39 is 17.7 Å². The third-order valence-electron chi connectivity index (χ3n) is 5.73. The van der Waals surface area contributed by atoms with Gasteiger partial charge in [-0.2, -0.15) is 0 Å². The molecule has 2 aromatic carbocycles. The number of pyridine rings is 1. The number of aromatic nitrogens is 2. The van der Waals surface area contributed by atoms with Gasteiger partial charge in [0.05, 0.1) is 25.1 Å². The van der Waals surface area contributed by atoms with Gasteiger partial charge < -0.3 is 9.84 Å². The Labute approximate surface area is 211 Å². The maximum absolute atomic E-state index is 14.9. The van der Waals surface area contributed by atoms with Crippen molar-refractivity contribution in [1.29, 1.82) is 0 Å². The highest BCUT2D eigenvalue weighted by Gasteiger charge is 2.27. The number of ether oxygens (including phenoxy) is 1. The first-order chi connectivity index (χ1) is 17.4. The molecule has 1 atom stereocenters. The lowest BCUT2D eigenvalue weighted by Crippen LogP contribution is -2.35. The van der Waals surface area contributed by atoms with E-state index in [0.717, 1.165) is 5.56 Å². The molecule has 2 aromatic heterocycles. The van der Waals surface area contributed by atoms with Gasteiger partial charge in [0, 0.05) is 41.4 Å². The van der Waals surface area contributed by atoms with Gasteiger partial charge in [-0.15, -0.1) is 11.3 Å². The second kappa shape index (κ2) is 11.1. The molecule has 0 aliphatic heterocycles. The summed E-state index contributed by atoms with van der Waals surface area (Å²) >= 11 is 1.23. The summed E-state index contributed by atoms with van der Waals surface area (Å²) < 4.78 is 20.0. The quantitative estimate of drug-likeness (QED) is 0.331. The molecule has 1 amide bonds. The van der Waals surface area contributed by atoms with Crippen LogP contribution in [0.4, 0.5) is 9.52 Å². The number of amides is 1. The van der Waals surface area contributed by atoms with E-state index in [0.29, 0.717) is 39.8 Å². The second-order valence-electron chi connectivity index (χ2n) is 8.15. The number of aliphatic carboxylic acids is 1. The highest BCUT2D eigenvalue weighted by Crippen LogP contribution is 2.36. The van der Waals surface area contributed by atoms with Crippen LogP contribution in [0.1, 0.15) is 12.0 Å². The van der Waals surface area contributed by atoms with Crippen molar-refractivity contribution in [3.05, 3.63) is 83.6 Å². The van der Waals surface area contributed by atoms with E-state index in [1.165, 1.54) is 35.6 Å². The number of carbonyl (C=O) groups excluding carboxylic acids is 1. The Balaban J connectivity index is 1.62. The molecule has 0 radical (unpaired) electrons. The molecular formula is C27H24FN3O4S. The zero-order valence-corrected chi connectivity index (χ0v) is 20.5. The molecule has 0 fully saturated rings. The molecule has 0 aliphatic rings. The monoisotopic (exact) mass is 505 g/mol. The summed E-state index contributed by atoms with van der Waals surface area (Å²) in [6.07, 6.45) is 1.53. The van der Waals surface area contributed by atoms with E-state index in [-0.39, 0.29) is 12.3 Å². The molecule has 4 aromatic rings. The molecule has 0 saturated heterocycles. The average Bonchev–Trinajstić information content (AvgIpc) is 3.38. The van der Waals surface area contributed by atoms with Crippen LogP contribution in [0.3, 0.4) is 0 Å². The van der Waals surface area contributed by atoms with Crippen molar-refractivity contribution in [1.82, 2.24) is 9.97 Å². The maximum Gasteiger partial charge on any atom is 0.304 e. The normalized spacial score (nSPS) is 11.6. The lowest BCUT2D eigenvalue weighted by atomic mass is 9.95. The van der Waals surface area contributed by atoms with Gasteiger partial charge >= 0.3 is 5.97 Å². The van der Waals surface area contributed by atoms with Crippen LogP contribution in [-0.4, -0.2) is 41.1 Å². The Morgan fingerprint density at radius 2 is 1.89 bits per heavy atom. The fourth-order valence-electron chi connectivity index (χ4n) is 3.95. The van der Waals surface area contributed by atoms with Gasteiger partial charge in [-0.05, 0) is 24.1 Å². The molecule has 36 heavy (non-hydrogen) atoms. The van der Waals surface area contributed by atoms with Gasteiger partial charge in [0.25, 0.3) is 0 Å². The van der Waals surface area contributed by atoms with Crippen molar-refractivity contribution in [3.8, 4) is 28.3 Å². The minimum absolute atomic E-state index is 0.297. The molecule has 0 saturated carbocycles. The molecule has 4 rings (SSSR count). The van der Waals surface area contributed by atoms with E-state index in [1.807, 2.05) is 30.3 Å². The number of hydrogen-bond acceptors (Lipinski definition) is 6. The number of carboxylic acid groups (broad SMARTS) is 1. The van der Waals surface area contributed by atoms with Crippen molar-refractivity contribution in [2.75, 3.05) is 19.1 Å². The molecule has 2 heterocycles. The van der Waals surface area contributed by atoms with Crippen LogP contribution in [0.15, 0.2) is 72.2 Å². The van der Waals surface area contributed by atoms with Gasteiger partial charge in [-0.25, -0.2) is 14.4 Å². The van der Waals surface area contributed by atoms with Crippen LogP contribution >= 0.6 is 11.3 Å². The molecule has 184 valence electrons. The maximum atomic E-state index is 14.9. The summed E-state index contributed by atoms with van der Waals surface area (Å²) in [5.41, 5.74) is 2.83. The average molecular weight is 506 g/mol. The first-order valence-electron chi connectivity index (χ1n) is 11.2. The highest BCUT2D eigenvalue weighted by molar-refractivity contribution is 7.14. The number of rotatable bonds is 9. The minimum Gasteiger partial charge on any atom is -0.481 e. The predicted octanol–water partition coefficient (Wildman–Crippen LogP) is 5.32. The molecule has 0 aliphatic carbocycles. The molecule has 1 unspecified atom stereocenters. The van der Waals surface area contributed by atoms with Crippen LogP contribution in [0.5, 0.6) is 5.88 Å². The van der Waals surface area contributed by atoms with Crippen LogP contribution in [0.25, 0.3) is 22.4 Å². The van der Waals surface area contributed by atoms with Gasteiger partial charge in [0.15, 0.2) is 5.13 Å². The van der Waals surface area contributed by atoms with Crippen LogP contribution in [0, 0.1) is 11.7 Å². The number of methoxy groups -OCH3 is 1. The molecule has 7 nitrogen and oxygen atoms in total. The minimum atomic E-state index is -1.05. The number of anilines is 1. The molecule has 0 bridgehead atoms. The molecule has 1 N–H and O–H groups in total. The van der Waals surface area contributed by atoms with Crippen LogP contribution in [0.2, 0.25) is 0 Å². The summed E-state index contributed by atoms with van der Waals surface area (Å²) in [6.45, 7) is 0. The smallest absolute Gasteiger partial charge is 0.304 e. The first-order valence-corrected chi connectivity index (χ1v) is 12.0. The van der Waals surface area contributed by atoms with Crippen LogP contribution in [-0.2, 0) is 16.0 Å². The van der Waals surface area contributed by atoms with Crippen molar-refractivity contribution in [3.63, 3.8) is 0 Å². The van der Waals surface area contributed by atoms with E-state index in [2.05, 4.69) is 9.97 Å². The Kier molecular flexibility index (Phi) is 7.70. The topological polar surface area (TPSA) is 92.6 Å². The van der Waals surface area contributed by atoms with Crippen LogP contribution < -0.4 is 9.64 Å². The predicted molar refractivity (Wildman–Crippen MR) is 137 cm³/mol. The SMILES string of the molecule is COc1ccc(-c2c(F)cccc2-c2csc(N(C)C(=O)C(CC(=O)O)Cc3ccccc3)n2)cn1. The van der Waals surface area contributed by atoms with Crippen molar-refractivity contribution in [2.24, 2.45) is 5.92 Å². The number of carbonyl (C=O) groups is 2. The third-order valence-corrected chi connectivity index (χ3v) is 6.65. The third kappa shape index (κ3) is 5.58. The Morgan fingerprint density at radius 1 is 1.11 bits per heavy atom. The number of carboxylic acids is 1. The number of halogens is 1. The van der Waals surface area contributed by atoms with Gasteiger partial charge in [-0.3, -0.25) is 14.5 Å². The second-order valence-corrected chi connectivity index (χ2v) is 8.99. The fourth-order valence-corrected chi connectivity index (χ4v) is 4.74. The largest absolute Gasteiger partial charge is 0.481 e. The summed E-state index contributed by atoms with van der Waals surface area (Å²) in [5, 5.41) is 11.5. The number of benzene rings is 2. The van der Waals surface area contributed by atoms with E-state index in [1.54, 1.807) is 36.7 Å². The number of hydrogen-bond donors (Lipinski definition) is 1. The van der Waals surface area contributed by atoms with Gasteiger partial charge in [-0.1, -0.05) is 42.5 Å². The summed E-state index contributed by atoms with van der Waals surface area (Å²) in [6, 6.07) is 17.4. The van der Waals surface area contributed by atoms with Gasteiger partial charge in [0.1, 0.15) is 5.82 Å². The Hall–Kier alpha value is -4.11. The Morgan fingerprint density at radius 3 is 2.56 bits per heavy atom. The first kappa shape index (κ1) is 25.0. The lowest BCUT2D eigenvalue weighted by molar-refractivity contribution is -0.140. The summed E-state index contributed by atoms with van der Waals surface area (Å²) in [4.78, 5) is 34.9. The van der Waals surface area contributed by atoms with Crippen molar-refractivity contribution < 1.29 is 23.8 Å². The zero-order chi connectivity index (χ0) is 25.7. The van der Waals surface area contributed by atoms with Crippen molar-refractivity contribution in [2.45, 2.75) is 12.8 Å². The standard InChI is InChI=1S/C27H24FN3O4S/c1-31(26(34)19(14-24(32)33)13-17-7-4-3-5-8-17)27-30-22(16-36-27)20-9-6-10-21(28)25(20)18-11-12-23(35-2)29-15-18/h3-12,15-16,19H,13-14H2,1-2H3,(H,32,33). The Bertz CT molecular complexity index is 1360. The summed E-state index contributed by atoms with van der Waals surface area (Å²) in [5.74, 6) is -2.16. The van der Waals surface area contributed by atoms with E-state index in [9.17, 15) is 19.1 Å². The fraction of sp³-hybridized carbons (Fsp3) is 0.185. The van der Waals surface area contributed by atoms with Gasteiger partial charge in [0.2, 0.25) is 11.8 Å². The molecular weight excluding hydrogens is 481 g/mol.